The SMILES string of the molecule is CC(=O)c1ccccc1NC(=O)C(C)OC(=O)c1cccc(CN2C(=O)c3ccccc3C2=O)c1. The highest BCUT2D eigenvalue weighted by molar-refractivity contribution is 6.21. The second kappa shape index (κ2) is 9.72. The number of ketones is 1. The van der Waals surface area contributed by atoms with E-state index < -0.39 is 29.8 Å². The van der Waals surface area contributed by atoms with Crippen LogP contribution in [0, 0.1) is 0 Å². The zero-order valence-electron chi connectivity index (χ0n) is 19.1. The fourth-order valence-electron chi connectivity index (χ4n) is 3.78. The van der Waals surface area contributed by atoms with Crippen LogP contribution in [0.3, 0.4) is 0 Å². The lowest BCUT2D eigenvalue weighted by Crippen LogP contribution is -2.31. The number of amides is 3. The molecule has 0 spiro atoms. The molecule has 0 radical (unpaired) electrons. The van der Waals surface area contributed by atoms with Gasteiger partial charge in [0.1, 0.15) is 0 Å². The molecule has 0 fully saturated rings. The van der Waals surface area contributed by atoms with Crippen LogP contribution in [0.1, 0.15) is 60.8 Å². The molecule has 3 aromatic carbocycles. The molecule has 3 aromatic rings. The standard InChI is InChI=1S/C27H22N2O6/c1-16(30)20-10-5-6-13-23(20)28-24(31)17(2)35-27(34)19-9-7-8-18(14-19)15-29-25(32)21-11-3-4-12-22(21)26(29)33/h3-14,17H,15H2,1-2H3,(H,28,31). The van der Waals surface area contributed by atoms with Gasteiger partial charge in [0.2, 0.25) is 0 Å². The molecule has 8 heteroatoms. The van der Waals surface area contributed by atoms with Crippen molar-refractivity contribution in [2.75, 3.05) is 5.32 Å². The molecule has 1 atom stereocenters. The maximum Gasteiger partial charge on any atom is 0.338 e. The van der Waals surface area contributed by atoms with Gasteiger partial charge in [-0.3, -0.25) is 24.1 Å². The average Bonchev–Trinajstić information content (AvgIpc) is 3.09. The van der Waals surface area contributed by atoms with Crippen LogP contribution in [0.15, 0.2) is 72.8 Å². The summed E-state index contributed by atoms with van der Waals surface area (Å²) in [6.45, 7) is 2.81. The molecule has 35 heavy (non-hydrogen) atoms. The fraction of sp³-hybridized carbons (Fsp3) is 0.148. The summed E-state index contributed by atoms with van der Waals surface area (Å²) in [4.78, 5) is 63.3. The number of carbonyl (C=O) groups is 5. The highest BCUT2D eigenvalue weighted by Crippen LogP contribution is 2.24. The number of nitrogens with one attached hydrogen (secondary N) is 1. The lowest BCUT2D eigenvalue weighted by molar-refractivity contribution is -0.123. The number of hydrogen-bond acceptors (Lipinski definition) is 6. The molecule has 8 nitrogen and oxygen atoms in total. The van der Waals surface area contributed by atoms with Gasteiger partial charge in [0, 0.05) is 5.56 Å². The Morgan fingerprint density at radius 3 is 2.17 bits per heavy atom. The first-order chi connectivity index (χ1) is 16.8. The van der Waals surface area contributed by atoms with E-state index in [9.17, 15) is 24.0 Å². The first-order valence-corrected chi connectivity index (χ1v) is 10.9. The van der Waals surface area contributed by atoms with Crippen LogP contribution >= 0.6 is 0 Å². The number of rotatable bonds is 7. The van der Waals surface area contributed by atoms with Gasteiger partial charge in [-0.2, -0.15) is 0 Å². The highest BCUT2D eigenvalue weighted by atomic mass is 16.5. The molecule has 176 valence electrons. The molecule has 1 aliphatic rings. The zero-order chi connectivity index (χ0) is 25.1. The quantitative estimate of drug-likeness (QED) is 0.319. The number of imide groups is 1. The Bertz CT molecular complexity index is 1330. The van der Waals surface area contributed by atoms with E-state index in [1.165, 1.54) is 26.0 Å². The van der Waals surface area contributed by atoms with Crippen molar-refractivity contribution in [3.05, 3.63) is 101 Å². The third-order valence-corrected chi connectivity index (χ3v) is 5.60. The first-order valence-electron chi connectivity index (χ1n) is 10.9. The number of Topliss-reactive ketones (excluding diaryl/α,β-unsaturated/α-hetero) is 1. The van der Waals surface area contributed by atoms with Crippen LogP contribution in [0.2, 0.25) is 0 Å². The van der Waals surface area contributed by atoms with Crippen LogP contribution in [0.4, 0.5) is 5.69 Å². The summed E-state index contributed by atoms with van der Waals surface area (Å²) >= 11 is 0. The van der Waals surface area contributed by atoms with Crippen molar-refractivity contribution in [1.29, 1.82) is 0 Å². The molecule has 1 heterocycles. The molecule has 1 unspecified atom stereocenters. The predicted molar refractivity (Wildman–Crippen MR) is 127 cm³/mol. The summed E-state index contributed by atoms with van der Waals surface area (Å²) in [6.07, 6.45) is -1.14. The Morgan fingerprint density at radius 1 is 0.886 bits per heavy atom. The van der Waals surface area contributed by atoms with Crippen molar-refractivity contribution in [2.24, 2.45) is 0 Å². The molecule has 0 saturated heterocycles. The molecule has 0 aromatic heterocycles. The number of para-hydroxylation sites is 1. The number of carbonyl (C=O) groups excluding carboxylic acids is 5. The van der Waals surface area contributed by atoms with Crippen molar-refractivity contribution >= 4 is 35.2 Å². The Morgan fingerprint density at radius 2 is 1.51 bits per heavy atom. The van der Waals surface area contributed by atoms with Gasteiger partial charge in [0.15, 0.2) is 11.9 Å². The summed E-state index contributed by atoms with van der Waals surface area (Å²) < 4.78 is 5.31. The molecule has 3 amide bonds. The smallest absolute Gasteiger partial charge is 0.338 e. The topological polar surface area (TPSA) is 110 Å². The average molecular weight is 470 g/mol. The summed E-state index contributed by atoms with van der Waals surface area (Å²) in [7, 11) is 0. The van der Waals surface area contributed by atoms with E-state index in [2.05, 4.69) is 5.32 Å². The lowest BCUT2D eigenvalue weighted by Gasteiger charge is -2.16. The Balaban J connectivity index is 1.42. The third-order valence-electron chi connectivity index (χ3n) is 5.60. The number of nitrogens with zero attached hydrogens (tertiary/aromatic N) is 1. The van der Waals surface area contributed by atoms with Gasteiger partial charge < -0.3 is 10.1 Å². The van der Waals surface area contributed by atoms with E-state index in [1.54, 1.807) is 60.7 Å². The van der Waals surface area contributed by atoms with E-state index in [0.717, 1.165) is 4.90 Å². The predicted octanol–water partition coefficient (Wildman–Crippen LogP) is 3.87. The number of benzene rings is 3. The summed E-state index contributed by atoms with van der Waals surface area (Å²) in [5.74, 6) is -2.32. The monoisotopic (exact) mass is 470 g/mol. The summed E-state index contributed by atoms with van der Waals surface area (Å²) in [6, 6.07) is 19.5. The second-order valence-electron chi connectivity index (χ2n) is 8.08. The Hall–Kier alpha value is -4.59. The van der Waals surface area contributed by atoms with Gasteiger partial charge in [-0.25, -0.2) is 4.79 Å². The van der Waals surface area contributed by atoms with Crippen molar-refractivity contribution in [3.8, 4) is 0 Å². The number of esters is 1. The molecule has 4 rings (SSSR count). The summed E-state index contributed by atoms with van der Waals surface area (Å²) in [5.41, 5.74) is 2.10. The van der Waals surface area contributed by atoms with E-state index in [-0.39, 0.29) is 17.9 Å². The minimum absolute atomic E-state index is 0.00859. The lowest BCUT2D eigenvalue weighted by atomic mass is 10.1. The van der Waals surface area contributed by atoms with Crippen LogP contribution in [-0.2, 0) is 16.1 Å². The van der Waals surface area contributed by atoms with E-state index >= 15 is 0 Å². The van der Waals surface area contributed by atoms with E-state index in [0.29, 0.717) is 27.9 Å². The zero-order valence-corrected chi connectivity index (χ0v) is 19.1. The molecular formula is C27H22N2O6. The number of fused-ring (bicyclic) bond motifs is 1. The molecule has 0 saturated carbocycles. The van der Waals surface area contributed by atoms with E-state index in [4.69, 9.17) is 4.74 Å². The fourth-order valence-corrected chi connectivity index (χ4v) is 3.78. The normalized spacial score (nSPS) is 13.3. The maximum absolute atomic E-state index is 12.7. The third kappa shape index (κ3) is 4.86. The highest BCUT2D eigenvalue weighted by Gasteiger charge is 2.35. The van der Waals surface area contributed by atoms with Crippen LogP contribution in [-0.4, -0.2) is 40.5 Å². The minimum atomic E-state index is -1.14. The Kier molecular flexibility index (Phi) is 6.55. The molecule has 1 aliphatic heterocycles. The van der Waals surface area contributed by atoms with E-state index in [1.807, 2.05) is 0 Å². The van der Waals surface area contributed by atoms with Gasteiger partial charge >= 0.3 is 5.97 Å². The first kappa shape index (κ1) is 23.6. The van der Waals surface area contributed by atoms with Crippen molar-refractivity contribution in [2.45, 2.75) is 26.5 Å². The van der Waals surface area contributed by atoms with Crippen LogP contribution in [0.25, 0.3) is 0 Å². The molecular weight excluding hydrogens is 448 g/mol. The number of hydrogen-bond donors (Lipinski definition) is 1. The largest absolute Gasteiger partial charge is 0.449 e. The summed E-state index contributed by atoms with van der Waals surface area (Å²) in [5, 5.41) is 2.61. The minimum Gasteiger partial charge on any atom is -0.449 e. The van der Waals surface area contributed by atoms with Crippen LogP contribution in [0.5, 0.6) is 0 Å². The van der Waals surface area contributed by atoms with Crippen molar-refractivity contribution in [3.63, 3.8) is 0 Å². The van der Waals surface area contributed by atoms with Gasteiger partial charge in [-0.05, 0) is 55.8 Å². The molecule has 0 bridgehead atoms. The van der Waals surface area contributed by atoms with Gasteiger partial charge in [0.05, 0.1) is 28.9 Å². The number of anilines is 1. The van der Waals surface area contributed by atoms with Crippen LogP contribution < -0.4 is 5.32 Å². The van der Waals surface area contributed by atoms with Crippen molar-refractivity contribution < 1.29 is 28.7 Å². The van der Waals surface area contributed by atoms with Gasteiger partial charge in [-0.1, -0.05) is 36.4 Å². The molecule has 0 aliphatic carbocycles. The van der Waals surface area contributed by atoms with Crippen molar-refractivity contribution in [1.82, 2.24) is 4.90 Å². The Labute approximate surface area is 201 Å². The number of ether oxygens (including phenoxy) is 1. The maximum atomic E-state index is 12.7. The molecule has 1 N–H and O–H groups in total. The second-order valence-corrected chi connectivity index (χ2v) is 8.08. The van der Waals surface area contributed by atoms with Gasteiger partial charge in [0.25, 0.3) is 17.7 Å². The van der Waals surface area contributed by atoms with Gasteiger partial charge in [-0.15, -0.1) is 0 Å².